The predicted molar refractivity (Wildman–Crippen MR) is 116 cm³/mol. The molecule has 1 aliphatic rings. The molecule has 0 aromatic carbocycles. The number of fused-ring (bicyclic) bond motifs is 3. The molecule has 4 rings (SSSR count). The molecule has 3 aromatic heterocycles. The highest BCUT2D eigenvalue weighted by Gasteiger charge is 2.20. The molecule has 7 nitrogen and oxygen atoms in total. The molecule has 0 radical (unpaired) electrons. The van der Waals surface area contributed by atoms with Gasteiger partial charge in [0.1, 0.15) is 10.6 Å². The van der Waals surface area contributed by atoms with Gasteiger partial charge in [0.2, 0.25) is 5.91 Å². The van der Waals surface area contributed by atoms with Crippen LogP contribution >= 0.6 is 11.3 Å². The van der Waals surface area contributed by atoms with Crippen LogP contribution in [-0.2, 0) is 30.7 Å². The van der Waals surface area contributed by atoms with Crippen molar-refractivity contribution >= 4 is 33.3 Å². The van der Waals surface area contributed by atoms with Crippen molar-refractivity contribution in [3.05, 3.63) is 51.0 Å². The smallest absolute Gasteiger partial charge is 0.262 e. The second-order valence-corrected chi connectivity index (χ2v) is 8.66. The maximum Gasteiger partial charge on any atom is 0.262 e. The third-order valence-corrected chi connectivity index (χ3v) is 6.48. The van der Waals surface area contributed by atoms with Crippen LogP contribution in [0.4, 0.5) is 5.82 Å². The Morgan fingerprint density at radius 2 is 2.07 bits per heavy atom. The van der Waals surface area contributed by atoms with Crippen LogP contribution in [0, 0.1) is 0 Å². The zero-order chi connectivity index (χ0) is 20.4. The highest BCUT2D eigenvalue weighted by Crippen LogP contribution is 2.33. The van der Waals surface area contributed by atoms with E-state index in [-0.39, 0.29) is 17.9 Å². The van der Waals surface area contributed by atoms with Crippen LogP contribution in [0.2, 0.25) is 0 Å². The number of aromatic nitrogens is 3. The molecule has 0 unspecified atom stereocenters. The van der Waals surface area contributed by atoms with Gasteiger partial charge < -0.3 is 10.2 Å². The van der Waals surface area contributed by atoms with E-state index in [4.69, 9.17) is 0 Å². The first-order chi connectivity index (χ1) is 14.0. The van der Waals surface area contributed by atoms with Crippen molar-refractivity contribution in [1.29, 1.82) is 0 Å². The normalized spacial score (nSPS) is 13.3. The number of nitrogens with zero attached hydrogens (tertiary/aromatic N) is 4. The van der Waals surface area contributed by atoms with Gasteiger partial charge in [-0.25, -0.2) is 9.97 Å². The van der Waals surface area contributed by atoms with Crippen LogP contribution in [0.1, 0.15) is 35.3 Å². The van der Waals surface area contributed by atoms with Crippen molar-refractivity contribution in [2.24, 2.45) is 0 Å². The summed E-state index contributed by atoms with van der Waals surface area (Å²) in [5, 5.41) is 3.66. The van der Waals surface area contributed by atoms with E-state index in [1.165, 1.54) is 16.9 Å². The predicted octanol–water partition coefficient (Wildman–Crippen LogP) is 2.50. The van der Waals surface area contributed by atoms with Crippen LogP contribution in [-0.4, -0.2) is 34.5 Å². The standard InChI is InChI=1S/C21H25N5O2S/c1-25(2)17-8-7-14(11-22-17)12-23-18(27)9-10-26-13-24-20-19(21(26)28)15-5-3-4-6-16(15)29-20/h7-8,11,13H,3-6,9-10,12H2,1-2H3,(H,23,27). The van der Waals surface area contributed by atoms with Gasteiger partial charge in [-0.15, -0.1) is 11.3 Å². The van der Waals surface area contributed by atoms with Crippen molar-refractivity contribution in [2.45, 2.75) is 45.2 Å². The molecule has 0 spiro atoms. The van der Waals surface area contributed by atoms with Crippen molar-refractivity contribution in [2.75, 3.05) is 19.0 Å². The molecule has 0 saturated heterocycles. The Kier molecular flexibility index (Phi) is 5.62. The number of hydrogen-bond donors (Lipinski definition) is 1. The molecule has 0 aliphatic heterocycles. The van der Waals surface area contributed by atoms with E-state index < -0.39 is 0 Å². The van der Waals surface area contributed by atoms with Gasteiger partial charge in [0.05, 0.1) is 11.7 Å². The van der Waals surface area contributed by atoms with Crippen LogP contribution in [0.25, 0.3) is 10.2 Å². The minimum Gasteiger partial charge on any atom is -0.363 e. The highest BCUT2D eigenvalue weighted by molar-refractivity contribution is 7.18. The average Bonchev–Trinajstić information content (AvgIpc) is 3.11. The Hall–Kier alpha value is -2.74. The lowest BCUT2D eigenvalue weighted by molar-refractivity contribution is -0.121. The maximum atomic E-state index is 12.9. The summed E-state index contributed by atoms with van der Waals surface area (Å²) in [5.74, 6) is 0.777. The van der Waals surface area contributed by atoms with Crippen molar-refractivity contribution in [1.82, 2.24) is 19.9 Å². The number of rotatable bonds is 6. The average molecular weight is 412 g/mol. The van der Waals surface area contributed by atoms with Gasteiger partial charge >= 0.3 is 0 Å². The largest absolute Gasteiger partial charge is 0.363 e. The second kappa shape index (κ2) is 8.32. The first kappa shape index (κ1) is 19.6. The molecule has 1 amide bonds. The van der Waals surface area contributed by atoms with E-state index in [0.29, 0.717) is 13.1 Å². The van der Waals surface area contributed by atoms with E-state index in [0.717, 1.165) is 40.9 Å². The lowest BCUT2D eigenvalue weighted by Gasteiger charge is -2.12. The summed E-state index contributed by atoms with van der Waals surface area (Å²) in [5.41, 5.74) is 2.10. The van der Waals surface area contributed by atoms with Gasteiger partial charge in [-0.2, -0.15) is 0 Å². The molecule has 0 fully saturated rings. The number of carbonyl (C=O) groups is 1. The lowest BCUT2D eigenvalue weighted by Crippen LogP contribution is -2.27. The van der Waals surface area contributed by atoms with Crippen LogP contribution in [0.3, 0.4) is 0 Å². The van der Waals surface area contributed by atoms with Gasteiger partial charge in [-0.3, -0.25) is 14.2 Å². The summed E-state index contributed by atoms with van der Waals surface area (Å²) in [6.45, 7) is 0.750. The fourth-order valence-electron chi connectivity index (χ4n) is 3.64. The Balaban J connectivity index is 1.38. The molecular weight excluding hydrogens is 386 g/mol. The summed E-state index contributed by atoms with van der Waals surface area (Å²) in [7, 11) is 3.87. The number of thiophene rings is 1. The highest BCUT2D eigenvalue weighted by atomic mass is 32.1. The number of aryl methyl sites for hydroxylation is 3. The Bertz CT molecular complexity index is 1080. The van der Waals surface area contributed by atoms with E-state index >= 15 is 0 Å². The molecule has 1 aliphatic carbocycles. The van der Waals surface area contributed by atoms with Gasteiger partial charge in [-0.05, 0) is 42.9 Å². The number of carbonyl (C=O) groups excluding carboxylic acids is 1. The third kappa shape index (κ3) is 4.17. The number of amides is 1. The molecule has 1 N–H and O–H groups in total. The van der Waals surface area contributed by atoms with Crippen molar-refractivity contribution < 1.29 is 4.79 Å². The van der Waals surface area contributed by atoms with Gasteiger partial charge in [0, 0.05) is 44.7 Å². The molecule has 3 heterocycles. The van der Waals surface area contributed by atoms with Crippen LogP contribution in [0.5, 0.6) is 0 Å². The van der Waals surface area contributed by atoms with Gasteiger partial charge in [0.25, 0.3) is 5.56 Å². The van der Waals surface area contributed by atoms with E-state index in [1.54, 1.807) is 28.4 Å². The Morgan fingerprint density at radius 3 is 2.83 bits per heavy atom. The fourth-order valence-corrected chi connectivity index (χ4v) is 4.86. The summed E-state index contributed by atoms with van der Waals surface area (Å²) in [4.78, 5) is 38.1. The van der Waals surface area contributed by atoms with E-state index in [9.17, 15) is 9.59 Å². The number of pyridine rings is 1. The molecule has 3 aromatic rings. The third-order valence-electron chi connectivity index (χ3n) is 5.28. The minimum absolute atomic E-state index is 0.0225. The topological polar surface area (TPSA) is 80.1 Å². The molecule has 152 valence electrons. The number of nitrogens with one attached hydrogen (secondary N) is 1. The Labute approximate surface area is 173 Å². The maximum absolute atomic E-state index is 12.9. The zero-order valence-corrected chi connectivity index (χ0v) is 17.6. The second-order valence-electron chi connectivity index (χ2n) is 7.58. The molecule has 0 saturated carbocycles. The van der Waals surface area contributed by atoms with Crippen LogP contribution < -0.4 is 15.8 Å². The molecular formula is C21H25N5O2S. The number of anilines is 1. The lowest BCUT2D eigenvalue weighted by atomic mass is 9.97. The monoisotopic (exact) mass is 411 g/mol. The van der Waals surface area contributed by atoms with Crippen molar-refractivity contribution in [3.63, 3.8) is 0 Å². The Morgan fingerprint density at radius 1 is 1.24 bits per heavy atom. The summed E-state index contributed by atoms with van der Waals surface area (Å²) in [6, 6.07) is 3.87. The zero-order valence-electron chi connectivity index (χ0n) is 16.8. The van der Waals surface area contributed by atoms with E-state index in [1.807, 2.05) is 31.1 Å². The van der Waals surface area contributed by atoms with Crippen LogP contribution in [0.15, 0.2) is 29.5 Å². The number of hydrogen-bond acceptors (Lipinski definition) is 6. The molecule has 0 bridgehead atoms. The first-order valence-electron chi connectivity index (χ1n) is 9.91. The van der Waals surface area contributed by atoms with Gasteiger partial charge in [-0.1, -0.05) is 6.07 Å². The quantitative estimate of drug-likeness (QED) is 0.674. The molecule has 8 heteroatoms. The summed E-state index contributed by atoms with van der Waals surface area (Å²) in [6.07, 6.45) is 7.88. The van der Waals surface area contributed by atoms with Crippen molar-refractivity contribution in [3.8, 4) is 0 Å². The molecule has 0 atom stereocenters. The summed E-state index contributed by atoms with van der Waals surface area (Å²) < 4.78 is 1.57. The van der Waals surface area contributed by atoms with Gasteiger partial charge in [0.15, 0.2) is 0 Å². The minimum atomic E-state index is -0.0963. The molecule has 29 heavy (non-hydrogen) atoms. The fraction of sp³-hybridized carbons (Fsp3) is 0.429. The first-order valence-corrected chi connectivity index (χ1v) is 10.7. The summed E-state index contributed by atoms with van der Waals surface area (Å²) >= 11 is 1.64. The van der Waals surface area contributed by atoms with E-state index in [2.05, 4.69) is 15.3 Å². The SMILES string of the molecule is CN(C)c1ccc(CNC(=O)CCn2cnc3sc4c(c3c2=O)CCCC4)cn1.